The smallest absolute Gasteiger partial charge is 0.302 e. The van der Waals surface area contributed by atoms with E-state index in [9.17, 15) is 15.3 Å². The number of carbonyl (C=O) groups is 1. The summed E-state index contributed by atoms with van der Waals surface area (Å²) in [5.74, 6) is -0.0810. The van der Waals surface area contributed by atoms with Crippen molar-refractivity contribution in [2.75, 3.05) is 0 Å². The summed E-state index contributed by atoms with van der Waals surface area (Å²) in [5, 5.41) is 18.7. The minimum atomic E-state index is -0.438. The summed E-state index contributed by atoms with van der Waals surface area (Å²) in [5.41, 5.74) is 2.52. The number of hydrogen-bond donors (Lipinski definition) is 1. The van der Waals surface area contributed by atoms with Crippen molar-refractivity contribution in [2.45, 2.75) is 13.5 Å². The van der Waals surface area contributed by atoms with Crippen LogP contribution in [-0.2, 0) is 16.1 Å². The Bertz CT molecular complexity index is 1060. The van der Waals surface area contributed by atoms with E-state index in [2.05, 4.69) is 32.1 Å². The fourth-order valence-electron chi connectivity index (χ4n) is 2.38. The van der Waals surface area contributed by atoms with Crippen molar-refractivity contribution < 1.29 is 9.53 Å². The highest BCUT2D eigenvalue weighted by Crippen LogP contribution is 2.25. The molecule has 0 aromatic carbocycles. The number of nitrogens with zero attached hydrogens (tertiary/aromatic N) is 5. The summed E-state index contributed by atoms with van der Waals surface area (Å²) in [6.45, 7) is 1.27. The normalized spacial score (nSPS) is 9.96. The van der Waals surface area contributed by atoms with E-state index in [-0.39, 0.29) is 12.2 Å². The van der Waals surface area contributed by atoms with Gasteiger partial charge in [-0.25, -0.2) is 4.98 Å². The maximum Gasteiger partial charge on any atom is 0.302 e. The van der Waals surface area contributed by atoms with Crippen molar-refractivity contribution >= 4 is 5.97 Å². The maximum absolute atomic E-state index is 11.0. The molecule has 126 valence electrons. The van der Waals surface area contributed by atoms with E-state index in [1.165, 1.54) is 19.3 Å². The monoisotopic (exact) mass is 344 g/mol. The lowest BCUT2D eigenvalue weighted by Gasteiger charge is -2.07. The van der Waals surface area contributed by atoms with E-state index in [0.717, 1.165) is 0 Å². The number of aromatic amines is 1. The predicted molar refractivity (Wildman–Crippen MR) is 89.9 cm³/mol. The van der Waals surface area contributed by atoms with Crippen LogP contribution in [0, 0.1) is 22.7 Å². The quantitative estimate of drug-likeness (QED) is 0.719. The number of H-pyrrole nitrogens is 1. The molecule has 26 heavy (non-hydrogen) atoms. The van der Waals surface area contributed by atoms with Crippen LogP contribution in [0.5, 0.6) is 0 Å². The molecule has 3 aromatic rings. The molecular weight excluding hydrogens is 332 g/mol. The molecule has 0 bridgehead atoms. The Morgan fingerprint density at radius 3 is 2.69 bits per heavy atom. The van der Waals surface area contributed by atoms with E-state index in [4.69, 9.17) is 4.74 Å². The molecule has 8 nitrogen and oxygen atoms in total. The van der Waals surface area contributed by atoms with Gasteiger partial charge in [0.25, 0.3) is 0 Å². The minimum absolute atomic E-state index is 0.0276. The highest BCUT2D eigenvalue weighted by molar-refractivity contribution is 5.69. The average Bonchev–Trinajstić information content (AvgIpc) is 3.15. The zero-order valence-electron chi connectivity index (χ0n) is 13.7. The van der Waals surface area contributed by atoms with Gasteiger partial charge >= 0.3 is 5.97 Å². The third kappa shape index (κ3) is 3.25. The number of imidazole rings is 1. The van der Waals surface area contributed by atoms with Crippen LogP contribution in [0.3, 0.4) is 0 Å². The number of aromatic nitrogens is 4. The summed E-state index contributed by atoms with van der Waals surface area (Å²) in [4.78, 5) is 26.7. The summed E-state index contributed by atoms with van der Waals surface area (Å²) >= 11 is 0. The van der Waals surface area contributed by atoms with Gasteiger partial charge in [0.05, 0.1) is 23.0 Å². The highest BCUT2D eigenvalue weighted by Gasteiger charge is 2.17. The summed E-state index contributed by atoms with van der Waals surface area (Å²) in [6, 6.07) is 9.09. The second-order valence-electron chi connectivity index (χ2n) is 5.24. The molecule has 0 unspecified atom stereocenters. The molecule has 3 heterocycles. The second-order valence-corrected chi connectivity index (χ2v) is 5.24. The number of ether oxygens (including phenoxy) is 1. The van der Waals surface area contributed by atoms with Crippen molar-refractivity contribution in [1.29, 1.82) is 10.5 Å². The lowest BCUT2D eigenvalue weighted by Crippen LogP contribution is -2.03. The van der Waals surface area contributed by atoms with Crippen molar-refractivity contribution in [2.24, 2.45) is 0 Å². The molecule has 0 aliphatic rings. The van der Waals surface area contributed by atoms with Crippen molar-refractivity contribution in [3.8, 4) is 35.0 Å². The Kier molecular flexibility index (Phi) is 4.68. The van der Waals surface area contributed by atoms with Crippen LogP contribution in [0.4, 0.5) is 0 Å². The number of nitrogens with one attached hydrogen (secondary N) is 1. The molecule has 0 spiro atoms. The van der Waals surface area contributed by atoms with Gasteiger partial charge in [-0.2, -0.15) is 10.5 Å². The number of pyridine rings is 2. The predicted octanol–water partition coefficient (Wildman–Crippen LogP) is 2.34. The van der Waals surface area contributed by atoms with Gasteiger partial charge in [0, 0.05) is 24.9 Å². The van der Waals surface area contributed by atoms with E-state index in [1.807, 2.05) is 0 Å². The number of rotatable bonds is 4. The molecular formula is C18H12N6O2. The Labute approximate surface area is 148 Å². The topological polar surface area (TPSA) is 128 Å². The van der Waals surface area contributed by atoms with Crippen LogP contribution in [0.1, 0.15) is 23.6 Å². The van der Waals surface area contributed by atoms with Crippen molar-refractivity contribution in [1.82, 2.24) is 19.9 Å². The lowest BCUT2D eigenvalue weighted by atomic mass is 10.1. The fourth-order valence-corrected chi connectivity index (χ4v) is 2.38. The molecule has 0 amide bonds. The number of hydrogen-bond acceptors (Lipinski definition) is 7. The van der Waals surface area contributed by atoms with Gasteiger partial charge in [0.15, 0.2) is 5.82 Å². The van der Waals surface area contributed by atoms with Gasteiger partial charge in [0.1, 0.15) is 30.1 Å². The van der Waals surface area contributed by atoms with Gasteiger partial charge < -0.3 is 9.72 Å². The summed E-state index contributed by atoms with van der Waals surface area (Å²) in [6.07, 6.45) is 4.62. The Morgan fingerprint density at radius 1 is 1.15 bits per heavy atom. The van der Waals surface area contributed by atoms with Crippen LogP contribution < -0.4 is 0 Å². The molecule has 0 aliphatic heterocycles. The average molecular weight is 344 g/mol. The van der Waals surface area contributed by atoms with E-state index in [1.54, 1.807) is 24.4 Å². The van der Waals surface area contributed by atoms with Gasteiger partial charge in [-0.15, -0.1) is 0 Å². The van der Waals surface area contributed by atoms with Gasteiger partial charge in [-0.1, -0.05) is 0 Å². The molecule has 0 atom stereocenters. The van der Waals surface area contributed by atoms with E-state index >= 15 is 0 Å². The van der Waals surface area contributed by atoms with Crippen LogP contribution >= 0.6 is 0 Å². The molecule has 0 saturated heterocycles. The summed E-state index contributed by atoms with van der Waals surface area (Å²) < 4.78 is 4.97. The van der Waals surface area contributed by atoms with Crippen LogP contribution in [-0.4, -0.2) is 25.9 Å². The summed E-state index contributed by atoms with van der Waals surface area (Å²) in [7, 11) is 0. The molecule has 3 rings (SSSR count). The van der Waals surface area contributed by atoms with Gasteiger partial charge in [-0.3, -0.25) is 14.8 Å². The first kappa shape index (κ1) is 16.8. The number of esters is 1. The first-order chi connectivity index (χ1) is 12.6. The number of carbonyl (C=O) groups excluding carboxylic acids is 1. The largest absolute Gasteiger partial charge is 0.461 e. The molecule has 0 fully saturated rings. The Hall–Kier alpha value is -4.04. The van der Waals surface area contributed by atoms with Crippen molar-refractivity contribution in [3.05, 3.63) is 53.5 Å². The first-order valence-electron chi connectivity index (χ1n) is 7.56. The third-order valence-corrected chi connectivity index (χ3v) is 3.56. The maximum atomic E-state index is 11.0. The highest BCUT2D eigenvalue weighted by atomic mass is 16.5. The van der Waals surface area contributed by atoms with Crippen LogP contribution in [0.2, 0.25) is 0 Å². The zero-order valence-corrected chi connectivity index (χ0v) is 13.7. The van der Waals surface area contributed by atoms with E-state index < -0.39 is 5.97 Å². The minimum Gasteiger partial charge on any atom is -0.461 e. The Balaban J connectivity index is 2.02. The van der Waals surface area contributed by atoms with E-state index in [0.29, 0.717) is 34.0 Å². The van der Waals surface area contributed by atoms with Gasteiger partial charge in [0.2, 0.25) is 0 Å². The third-order valence-electron chi connectivity index (χ3n) is 3.56. The fraction of sp³-hybridized carbons (Fsp3) is 0.111. The van der Waals surface area contributed by atoms with Crippen molar-refractivity contribution in [3.63, 3.8) is 0 Å². The molecule has 0 saturated carbocycles. The standard InChI is InChI=1S/C18H12N6O2/c1-11(25)26-10-13-4-6-22-17(14(13)8-20)18-23-9-15(24-18)16-12(7-19)3-2-5-21-16/h2-6,9H,10H2,1H3,(H,23,24). The van der Waals surface area contributed by atoms with Crippen LogP contribution in [0.15, 0.2) is 36.8 Å². The molecule has 0 aliphatic carbocycles. The second kappa shape index (κ2) is 7.24. The SMILES string of the molecule is CC(=O)OCc1ccnc(-c2ncc(-c3ncccc3C#N)[nH]2)c1C#N. The zero-order chi connectivity index (χ0) is 18.5. The van der Waals surface area contributed by atoms with Crippen LogP contribution in [0.25, 0.3) is 22.9 Å². The molecule has 3 aromatic heterocycles. The first-order valence-corrected chi connectivity index (χ1v) is 7.56. The lowest BCUT2D eigenvalue weighted by molar-refractivity contribution is -0.142. The van der Waals surface area contributed by atoms with Gasteiger partial charge in [-0.05, 0) is 18.2 Å². The molecule has 0 radical (unpaired) electrons. The molecule has 1 N–H and O–H groups in total. The number of nitriles is 2. The Morgan fingerprint density at radius 2 is 1.96 bits per heavy atom. The molecule has 8 heteroatoms.